The first kappa shape index (κ1) is 18.9. The zero-order chi connectivity index (χ0) is 18.2. The third kappa shape index (κ3) is 6.19. The topological polar surface area (TPSA) is 49.4 Å². The molecule has 7 heteroatoms. The summed E-state index contributed by atoms with van der Waals surface area (Å²) in [5, 5.41) is 2.62. The highest BCUT2D eigenvalue weighted by molar-refractivity contribution is 8.00. The second-order valence-electron chi connectivity index (χ2n) is 5.39. The maximum atomic E-state index is 13.6. The van der Waals surface area contributed by atoms with Gasteiger partial charge in [-0.3, -0.25) is 9.59 Å². The molecule has 0 aliphatic rings. The van der Waals surface area contributed by atoms with Gasteiger partial charge in [0.25, 0.3) is 0 Å². The van der Waals surface area contributed by atoms with Crippen LogP contribution in [-0.4, -0.2) is 35.3 Å². The minimum Gasteiger partial charge on any atom is -0.341 e. The Kier molecular flexibility index (Phi) is 6.94. The maximum absolute atomic E-state index is 13.6. The van der Waals surface area contributed by atoms with Gasteiger partial charge in [0.15, 0.2) is 0 Å². The molecular weight excluding hydrogens is 346 g/mol. The standard InChI is InChI=1S/C18H18F2N2O2S/c1-22(10-13-4-2-3-5-16(13)20)18(24)12-25-11-17(23)21-15-8-6-14(19)7-9-15/h2-9H,10-12H2,1H3,(H,21,23). The van der Waals surface area contributed by atoms with Gasteiger partial charge < -0.3 is 10.2 Å². The van der Waals surface area contributed by atoms with E-state index >= 15 is 0 Å². The fourth-order valence-corrected chi connectivity index (χ4v) is 2.80. The van der Waals surface area contributed by atoms with Crippen molar-refractivity contribution in [3.8, 4) is 0 Å². The van der Waals surface area contributed by atoms with Crippen molar-refractivity contribution in [3.05, 3.63) is 65.7 Å². The molecule has 0 unspecified atom stereocenters. The molecule has 0 saturated heterocycles. The van der Waals surface area contributed by atoms with Crippen LogP contribution in [0.1, 0.15) is 5.56 Å². The van der Waals surface area contributed by atoms with Crippen LogP contribution >= 0.6 is 11.8 Å². The summed E-state index contributed by atoms with van der Waals surface area (Å²) in [5.41, 5.74) is 0.937. The van der Waals surface area contributed by atoms with Crippen LogP contribution in [0.25, 0.3) is 0 Å². The Morgan fingerprint density at radius 1 is 1.04 bits per heavy atom. The van der Waals surface area contributed by atoms with Crippen LogP contribution in [0.2, 0.25) is 0 Å². The number of hydrogen-bond donors (Lipinski definition) is 1. The molecule has 0 aromatic heterocycles. The number of halogens is 2. The number of benzene rings is 2. The van der Waals surface area contributed by atoms with Crippen LogP contribution in [0, 0.1) is 11.6 Å². The number of carbonyl (C=O) groups excluding carboxylic acids is 2. The first-order valence-electron chi connectivity index (χ1n) is 7.56. The first-order chi connectivity index (χ1) is 12.0. The smallest absolute Gasteiger partial charge is 0.234 e. The average Bonchev–Trinajstić information content (AvgIpc) is 2.59. The number of anilines is 1. The second-order valence-corrected chi connectivity index (χ2v) is 6.37. The number of rotatable bonds is 7. The molecule has 0 saturated carbocycles. The van der Waals surface area contributed by atoms with Crippen LogP contribution in [0.4, 0.5) is 14.5 Å². The van der Waals surface area contributed by atoms with Gasteiger partial charge in [0.1, 0.15) is 11.6 Å². The summed E-state index contributed by atoms with van der Waals surface area (Å²) in [5.74, 6) is -0.994. The summed E-state index contributed by atoms with van der Waals surface area (Å²) in [4.78, 5) is 25.2. The number of thioether (sulfide) groups is 1. The molecule has 2 aromatic rings. The highest BCUT2D eigenvalue weighted by Gasteiger charge is 2.12. The van der Waals surface area contributed by atoms with Gasteiger partial charge in [-0.05, 0) is 30.3 Å². The zero-order valence-electron chi connectivity index (χ0n) is 13.7. The molecule has 0 bridgehead atoms. The van der Waals surface area contributed by atoms with Crippen LogP contribution in [-0.2, 0) is 16.1 Å². The van der Waals surface area contributed by atoms with Gasteiger partial charge in [-0.2, -0.15) is 0 Å². The molecule has 132 valence electrons. The van der Waals surface area contributed by atoms with E-state index in [1.165, 1.54) is 35.2 Å². The van der Waals surface area contributed by atoms with Crippen LogP contribution < -0.4 is 5.32 Å². The quantitative estimate of drug-likeness (QED) is 0.820. The highest BCUT2D eigenvalue weighted by atomic mass is 32.2. The molecule has 0 aliphatic heterocycles. The molecule has 0 radical (unpaired) electrons. The summed E-state index contributed by atoms with van der Waals surface area (Å²) in [6, 6.07) is 11.7. The van der Waals surface area contributed by atoms with E-state index < -0.39 is 0 Å². The summed E-state index contributed by atoms with van der Waals surface area (Å²) >= 11 is 1.16. The number of hydrogen-bond acceptors (Lipinski definition) is 3. The number of carbonyl (C=O) groups is 2. The van der Waals surface area contributed by atoms with Gasteiger partial charge >= 0.3 is 0 Å². The third-order valence-corrected chi connectivity index (χ3v) is 4.30. The third-order valence-electron chi connectivity index (χ3n) is 3.38. The minimum atomic E-state index is -0.379. The molecule has 2 aromatic carbocycles. The molecule has 0 fully saturated rings. The highest BCUT2D eigenvalue weighted by Crippen LogP contribution is 2.12. The van der Waals surface area contributed by atoms with E-state index in [0.717, 1.165) is 11.8 Å². The van der Waals surface area contributed by atoms with E-state index in [-0.39, 0.29) is 41.5 Å². The normalized spacial score (nSPS) is 10.4. The predicted octanol–water partition coefficient (Wildman–Crippen LogP) is 3.30. The molecule has 0 spiro atoms. The number of nitrogens with zero attached hydrogens (tertiary/aromatic N) is 1. The minimum absolute atomic E-state index is 0.0939. The van der Waals surface area contributed by atoms with E-state index in [0.29, 0.717) is 11.3 Å². The Balaban J connectivity index is 1.73. The van der Waals surface area contributed by atoms with Crippen LogP contribution in [0.3, 0.4) is 0 Å². The Hall–Kier alpha value is -2.41. The van der Waals surface area contributed by atoms with Crippen molar-refractivity contribution >= 4 is 29.3 Å². The Bertz CT molecular complexity index is 738. The van der Waals surface area contributed by atoms with Gasteiger partial charge in [0.2, 0.25) is 11.8 Å². The summed E-state index contributed by atoms with van der Waals surface area (Å²) in [6.07, 6.45) is 0. The first-order valence-corrected chi connectivity index (χ1v) is 8.71. The SMILES string of the molecule is CN(Cc1ccccc1F)C(=O)CSCC(=O)Nc1ccc(F)cc1. The predicted molar refractivity (Wildman–Crippen MR) is 95.2 cm³/mol. The van der Waals surface area contributed by atoms with E-state index in [4.69, 9.17) is 0 Å². The molecule has 25 heavy (non-hydrogen) atoms. The lowest BCUT2D eigenvalue weighted by molar-refractivity contribution is -0.127. The largest absolute Gasteiger partial charge is 0.341 e. The Morgan fingerprint density at radius 3 is 2.40 bits per heavy atom. The van der Waals surface area contributed by atoms with E-state index in [2.05, 4.69) is 5.32 Å². The zero-order valence-corrected chi connectivity index (χ0v) is 14.5. The maximum Gasteiger partial charge on any atom is 0.234 e. The van der Waals surface area contributed by atoms with Gasteiger partial charge in [0, 0.05) is 24.8 Å². The van der Waals surface area contributed by atoms with Gasteiger partial charge in [-0.1, -0.05) is 18.2 Å². The van der Waals surface area contributed by atoms with Crippen molar-refractivity contribution in [1.82, 2.24) is 4.90 Å². The fourth-order valence-electron chi connectivity index (χ4n) is 2.04. The monoisotopic (exact) mass is 364 g/mol. The summed E-state index contributed by atoms with van der Waals surface area (Å²) in [6.45, 7) is 0.174. The van der Waals surface area contributed by atoms with Crippen molar-refractivity contribution < 1.29 is 18.4 Å². The van der Waals surface area contributed by atoms with Gasteiger partial charge in [-0.15, -0.1) is 11.8 Å². The lowest BCUT2D eigenvalue weighted by Crippen LogP contribution is -2.28. The molecular formula is C18H18F2N2O2S. The van der Waals surface area contributed by atoms with E-state index in [1.807, 2.05) is 0 Å². The fraction of sp³-hybridized carbons (Fsp3) is 0.222. The van der Waals surface area contributed by atoms with Crippen molar-refractivity contribution in [2.24, 2.45) is 0 Å². The molecule has 2 amide bonds. The van der Waals surface area contributed by atoms with Crippen LogP contribution in [0.5, 0.6) is 0 Å². The van der Waals surface area contributed by atoms with E-state index in [1.54, 1.807) is 25.2 Å². The molecule has 0 heterocycles. The van der Waals surface area contributed by atoms with Crippen molar-refractivity contribution in [3.63, 3.8) is 0 Å². The van der Waals surface area contributed by atoms with Crippen LogP contribution in [0.15, 0.2) is 48.5 Å². The van der Waals surface area contributed by atoms with Crippen molar-refractivity contribution in [2.75, 3.05) is 23.9 Å². The van der Waals surface area contributed by atoms with Crippen molar-refractivity contribution in [2.45, 2.75) is 6.54 Å². The summed E-state index contributed by atoms with van der Waals surface area (Å²) < 4.78 is 26.4. The Morgan fingerprint density at radius 2 is 1.72 bits per heavy atom. The molecule has 2 rings (SSSR count). The Labute approximate surface area is 149 Å². The lowest BCUT2D eigenvalue weighted by Gasteiger charge is -2.17. The van der Waals surface area contributed by atoms with Crippen molar-refractivity contribution in [1.29, 1.82) is 0 Å². The molecule has 4 nitrogen and oxygen atoms in total. The van der Waals surface area contributed by atoms with Gasteiger partial charge in [0.05, 0.1) is 11.5 Å². The number of nitrogens with one attached hydrogen (secondary N) is 1. The lowest BCUT2D eigenvalue weighted by atomic mass is 10.2. The molecule has 1 N–H and O–H groups in total. The molecule has 0 atom stereocenters. The average molecular weight is 364 g/mol. The second kappa shape index (κ2) is 9.17. The molecule has 0 aliphatic carbocycles. The van der Waals surface area contributed by atoms with E-state index in [9.17, 15) is 18.4 Å². The summed E-state index contributed by atoms with van der Waals surface area (Å²) in [7, 11) is 1.59. The number of amides is 2. The van der Waals surface area contributed by atoms with Gasteiger partial charge in [-0.25, -0.2) is 8.78 Å².